The molecule has 0 aliphatic carbocycles. The number of nitrogens with zero attached hydrogens (tertiary/aromatic N) is 1. The first-order valence-corrected chi connectivity index (χ1v) is 29.1. The summed E-state index contributed by atoms with van der Waals surface area (Å²) in [7, 11) is 0. The number of rotatable bonds is 52. The maximum Gasteiger partial charge on any atom is 0.305 e. The molecule has 0 aliphatic heterocycles. The maximum absolute atomic E-state index is 13.0. The zero-order valence-corrected chi connectivity index (χ0v) is 46.9. The Hall–Kier alpha value is -3.26. The second kappa shape index (κ2) is 47.5. The van der Waals surface area contributed by atoms with E-state index in [2.05, 4.69) is 32.6 Å². The molecule has 0 atom stereocenters. The number of carbonyl (C=O) groups is 6. The van der Waals surface area contributed by atoms with Crippen LogP contribution in [0.3, 0.4) is 0 Å². The van der Waals surface area contributed by atoms with Crippen LogP contribution in [0.5, 0.6) is 0 Å². The van der Waals surface area contributed by atoms with Crippen molar-refractivity contribution in [2.75, 3.05) is 65.9 Å². The van der Waals surface area contributed by atoms with Crippen LogP contribution in [-0.4, -0.2) is 112 Å². The van der Waals surface area contributed by atoms with Crippen molar-refractivity contribution in [2.45, 2.75) is 260 Å². The first-order valence-electron chi connectivity index (χ1n) is 29.1. The summed E-state index contributed by atoms with van der Waals surface area (Å²) in [6.07, 6.45) is 27.7. The number of ether oxygens (including phenoxy) is 6. The molecule has 0 aromatic carbocycles. The molecule has 0 unspecified atom stereocenters. The summed E-state index contributed by atoms with van der Waals surface area (Å²) in [6.45, 7) is 14.6. The van der Waals surface area contributed by atoms with Gasteiger partial charge in [-0.15, -0.1) is 0 Å². The largest absolute Gasteiger partial charge is 0.465 e. The van der Waals surface area contributed by atoms with Crippen LogP contribution in [-0.2, 0) is 57.2 Å². The van der Waals surface area contributed by atoms with Crippen molar-refractivity contribution in [3.63, 3.8) is 0 Å². The van der Waals surface area contributed by atoms with Crippen molar-refractivity contribution >= 4 is 35.8 Å². The molecular formula is C58H107NO13. The molecule has 14 nitrogen and oxygen atoms in total. The molecule has 0 bridgehead atoms. The van der Waals surface area contributed by atoms with E-state index >= 15 is 0 Å². The van der Waals surface area contributed by atoms with Crippen LogP contribution in [0.2, 0.25) is 0 Å². The van der Waals surface area contributed by atoms with Gasteiger partial charge in [0.05, 0.1) is 17.4 Å². The number of carbonyl (C=O) groups excluding carboxylic acids is 6. The monoisotopic (exact) mass is 1030 g/mol. The van der Waals surface area contributed by atoms with Gasteiger partial charge >= 0.3 is 35.8 Å². The molecule has 0 amide bonds. The Bertz CT molecular complexity index is 1220. The minimum absolute atomic E-state index is 0.00955. The molecule has 0 fully saturated rings. The zero-order chi connectivity index (χ0) is 53.4. The minimum atomic E-state index is -0.827. The number of aliphatic hydroxyl groups excluding tert-OH is 1. The van der Waals surface area contributed by atoms with Crippen molar-refractivity contribution in [1.29, 1.82) is 0 Å². The second-order valence-electron chi connectivity index (χ2n) is 20.5. The number of unbranched alkanes of at least 4 members (excludes halogenated alkanes) is 20. The Balaban J connectivity index is 4.99. The van der Waals surface area contributed by atoms with Gasteiger partial charge in [-0.05, 0) is 77.3 Å². The van der Waals surface area contributed by atoms with Crippen molar-refractivity contribution in [1.82, 2.24) is 4.90 Å². The molecule has 72 heavy (non-hydrogen) atoms. The molecule has 0 saturated heterocycles. The lowest BCUT2D eigenvalue weighted by molar-refractivity contribution is -0.165. The van der Waals surface area contributed by atoms with Crippen LogP contribution in [0.25, 0.3) is 0 Å². The van der Waals surface area contributed by atoms with Gasteiger partial charge in [0.1, 0.15) is 39.6 Å². The van der Waals surface area contributed by atoms with Crippen molar-refractivity contribution < 1.29 is 62.3 Å². The highest BCUT2D eigenvalue weighted by Gasteiger charge is 2.35. The van der Waals surface area contributed by atoms with Gasteiger partial charge in [-0.25, -0.2) is 0 Å². The topological polar surface area (TPSA) is 181 Å². The van der Waals surface area contributed by atoms with Gasteiger partial charge in [0.15, 0.2) is 0 Å². The third-order valence-corrected chi connectivity index (χ3v) is 13.8. The average molecular weight is 1030 g/mol. The zero-order valence-electron chi connectivity index (χ0n) is 46.9. The molecule has 422 valence electrons. The highest BCUT2D eigenvalue weighted by atomic mass is 16.6. The molecule has 0 radical (unpaired) electrons. The van der Waals surface area contributed by atoms with E-state index in [0.29, 0.717) is 57.9 Å². The molecule has 0 heterocycles. The van der Waals surface area contributed by atoms with Gasteiger partial charge in [-0.3, -0.25) is 28.8 Å². The Morgan fingerprint density at radius 2 is 0.514 bits per heavy atom. The molecular weight excluding hydrogens is 919 g/mol. The highest BCUT2D eigenvalue weighted by Crippen LogP contribution is 2.27. The van der Waals surface area contributed by atoms with E-state index in [-0.39, 0.29) is 94.9 Å². The summed E-state index contributed by atoms with van der Waals surface area (Å²) < 4.78 is 34.3. The first-order chi connectivity index (χ1) is 34.9. The number of hydrogen-bond donors (Lipinski definition) is 1. The molecule has 0 aromatic rings. The quantitative estimate of drug-likeness (QED) is 0.0345. The molecule has 0 aromatic heterocycles. The van der Waals surface area contributed by atoms with Gasteiger partial charge in [0.2, 0.25) is 0 Å². The van der Waals surface area contributed by atoms with E-state index in [1.54, 1.807) is 0 Å². The Morgan fingerprint density at radius 1 is 0.306 bits per heavy atom. The molecule has 0 rings (SSSR count). The number of aliphatic hydroxyl groups is 1. The van der Waals surface area contributed by atoms with Crippen LogP contribution < -0.4 is 0 Å². The molecule has 14 heteroatoms. The average Bonchev–Trinajstić information content (AvgIpc) is 3.37. The number of esters is 6. The molecule has 0 spiro atoms. The van der Waals surface area contributed by atoms with Crippen molar-refractivity contribution in [3.8, 4) is 0 Å². The van der Waals surface area contributed by atoms with Crippen LogP contribution in [0.15, 0.2) is 0 Å². The molecule has 0 saturated carbocycles. The summed E-state index contributed by atoms with van der Waals surface area (Å²) in [5.41, 5.74) is -1.65. The normalized spacial score (nSPS) is 11.7. The fourth-order valence-electron chi connectivity index (χ4n) is 8.23. The van der Waals surface area contributed by atoms with Crippen LogP contribution in [0, 0.1) is 10.8 Å². The Labute approximate surface area is 438 Å². The van der Waals surface area contributed by atoms with Gasteiger partial charge < -0.3 is 38.4 Å². The Morgan fingerprint density at radius 3 is 0.708 bits per heavy atom. The van der Waals surface area contributed by atoms with Crippen LogP contribution in [0.1, 0.15) is 260 Å². The summed E-state index contributed by atoms with van der Waals surface area (Å²) in [6, 6.07) is 0. The van der Waals surface area contributed by atoms with Crippen LogP contribution >= 0.6 is 0 Å². The van der Waals surface area contributed by atoms with Crippen LogP contribution in [0.4, 0.5) is 0 Å². The standard InChI is InChI=1S/C58H107NO13/c1-7-13-17-21-27-35-51(61)67-45-57(11-5,46-68-52(62)36-28-22-18-14-8-2)49-71-55(65)39-31-25-33-41-59(43-44-60)42-34-26-32-40-56(66)72-50-58(12-6,47-69-53(63)37-29-23-19-15-9-3)48-70-54(64)38-30-24-20-16-10-4/h60H,7-50H2,1-6H3. The number of hydrogen-bond acceptors (Lipinski definition) is 14. The van der Waals surface area contributed by atoms with E-state index in [9.17, 15) is 33.9 Å². The third-order valence-electron chi connectivity index (χ3n) is 13.8. The SMILES string of the molecule is CCCCCCCC(=O)OCC(CC)(COC(=O)CCCCCCC)COC(=O)CCCCCN(CCO)CCCCCC(=O)OCC(CC)(COC(=O)CCCCCCC)COC(=O)CCCCCCC. The van der Waals surface area contributed by atoms with Gasteiger partial charge in [0.25, 0.3) is 0 Å². The second-order valence-corrected chi connectivity index (χ2v) is 20.5. The lowest BCUT2D eigenvalue weighted by Gasteiger charge is -2.31. The van der Waals surface area contributed by atoms with E-state index in [1.165, 1.54) is 0 Å². The van der Waals surface area contributed by atoms with Gasteiger partial charge in [-0.1, -0.05) is 157 Å². The summed E-state index contributed by atoms with van der Waals surface area (Å²) >= 11 is 0. The van der Waals surface area contributed by atoms with Gasteiger partial charge in [0, 0.05) is 45.1 Å². The molecule has 1 N–H and O–H groups in total. The fourth-order valence-corrected chi connectivity index (χ4v) is 8.23. The van der Waals surface area contributed by atoms with Gasteiger partial charge in [-0.2, -0.15) is 0 Å². The predicted octanol–water partition coefficient (Wildman–Crippen LogP) is 12.9. The summed E-state index contributed by atoms with van der Waals surface area (Å²) in [4.78, 5) is 78.7. The summed E-state index contributed by atoms with van der Waals surface area (Å²) in [5, 5.41) is 9.74. The smallest absolute Gasteiger partial charge is 0.305 e. The maximum atomic E-state index is 13.0. The lowest BCUT2D eigenvalue weighted by Crippen LogP contribution is -2.39. The third kappa shape index (κ3) is 39.2. The minimum Gasteiger partial charge on any atom is -0.465 e. The van der Waals surface area contributed by atoms with E-state index in [0.717, 1.165) is 167 Å². The van der Waals surface area contributed by atoms with Crippen molar-refractivity contribution in [3.05, 3.63) is 0 Å². The van der Waals surface area contributed by atoms with E-state index in [1.807, 2.05) is 13.8 Å². The lowest BCUT2D eigenvalue weighted by atomic mass is 9.88. The Kier molecular flexibility index (Phi) is 45.3. The highest BCUT2D eigenvalue weighted by molar-refractivity contribution is 5.71. The fraction of sp³-hybridized carbons (Fsp3) is 0.897. The molecule has 0 aliphatic rings. The van der Waals surface area contributed by atoms with Crippen molar-refractivity contribution in [2.24, 2.45) is 10.8 Å². The summed E-state index contributed by atoms with van der Waals surface area (Å²) in [5.74, 6) is -1.86. The van der Waals surface area contributed by atoms with E-state index < -0.39 is 10.8 Å². The van der Waals surface area contributed by atoms with E-state index in [4.69, 9.17) is 28.4 Å². The first kappa shape index (κ1) is 68.7. The predicted molar refractivity (Wildman–Crippen MR) is 285 cm³/mol.